The van der Waals surface area contributed by atoms with Crippen LogP contribution in [0.5, 0.6) is 0 Å². The molecule has 3 aromatic heterocycles. The Morgan fingerprint density at radius 2 is 0.878 bits per heavy atom. The fourth-order valence-corrected chi connectivity index (χ4v) is 14.2. The topological polar surface area (TPSA) is 378 Å². The SMILES string of the molecule is CCOC(=O)c1c(C/C(F)=C/CNC(=O)OC(C)(C)C)c(C)nn1Cc1ccc(S(=O)(=O)N(C)C)c(Cl)c1.CCOC(=O)c1nn(Cc2ccc(S(=O)(=O)N(C)C)c(Cl)c2)c(C)c1C/C(F)=C/CNC(=O)OC(C)(C)C.CCc1n[nH]c(C)c1C/C(F)=C/CNC(=O)OC(C)(C)C.CN(C)S(=O)(=O)c1ccc(CBr)cc1Cl.O=C=O. The Bertz CT molecular complexity index is 4790. The van der Waals surface area contributed by atoms with Gasteiger partial charge in [0.2, 0.25) is 30.1 Å². The van der Waals surface area contributed by atoms with Crippen LogP contribution in [0.2, 0.25) is 15.1 Å². The molecule has 6 aromatic rings. The minimum Gasteiger partial charge on any atom is -0.461 e. The number of allylic oxidation sites excluding steroid dienone is 3. The highest BCUT2D eigenvalue weighted by Crippen LogP contribution is 2.31. The number of carbonyl (C=O) groups is 5. The van der Waals surface area contributed by atoms with Gasteiger partial charge in [0.15, 0.2) is 11.4 Å². The number of sulfonamides is 3. The number of carbonyl (C=O) groups excluding carboxylic acids is 7. The molecule has 0 atom stereocenters. The van der Waals surface area contributed by atoms with E-state index in [1.807, 2.05) is 13.8 Å². The lowest BCUT2D eigenvalue weighted by molar-refractivity contribution is -0.191. The van der Waals surface area contributed by atoms with Crippen LogP contribution >= 0.6 is 50.7 Å². The number of rotatable bonds is 28. The van der Waals surface area contributed by atoms with E-state index < -0.39 is 88.7 Å². The quantitative estimate of drug-likeness (QED) is 0.0201. The highest BCUT2D eigenvalue weighted by Gasteiger charge is 2.29. The van der Waals surface area contributed by atoms with Gasteiger partial charge in [0.25, 0.3) is 0 Å². The van der Waals surface area contributed by atoms with E-state index in [2.05, 4.69) is 52.3 Å². The van der Waals surface area contributed by atoms with Crippen molar-refractivity contribution in [2.45, 2.75) is 179 Å². The van der Waals surface area contributed by atoms with E-state index in [-0.39, 0.29) is 118 Å². The summed E-state index contributed by atoms with van der Waals surface area (Å²) in [5.74, 6) is -2.86. The van der Waals surface area contributed by atoms with Crippen LogP contribution in [0.25, 0.3) is 0 Å². The average molecular weight is 1800 g/mol. The molecule has 0 aliphatic carbocycles. The Labute approximate surface area is 694 Å². The van der Waals surface area contributed by atoms with E-state index in [0.29, 0.717) is 39.0 Å². The van der Waals surface area contributed by atoms with Crippen molar-refractivity contribution in [3.8, 4) is 0 Å². The van der Waals surface area contributed by atoms with Crippen LogP contribution in [0, 0.1) is 20.8 Å². The summed E-state index contributed by atoms with van der Waals surface area (Å²) in [5.41, 5.74) is 4.44. The van der Waals surface area contributed by atoms with Crippen molar-refractivity contribution in [3.05, 3.63) is 173 Å². The number of esters is 2. The normalized spacial score (nSPS) is 12.2. The summed E-state index contributed by atoms with van der Waals surface area (Å²) in [6.07, 6.45) is 2.47. The molecule has 0 radical (unpaired) electrons. The maximum Gasteiger partial charge on any atom is 0.407 e. The zero-order valence-corrected chi connectivity index (χ0v) is 74.5. The Hall–Kier alpha value is -8.49. The second-order valence-electron chi connectivity index (χ2n) is 28.2. The molecule has 30 nitrogen and oxygen atoms in total. The van der Waals surface area contributed by atoms with E-state index in [1.165, 1.54) is 100 Å². The van der Waals surface area contributed by atoms with Crippen LogP contribution in [0.1, 0.15) is 160 Å². The molecule has 638 valence electrons. The molecular formula is C75H103BrCl3F3N12O18S3. The minimum atomic E-state index is -3.74. The first-order valence-electron chi connectivity index (χ1n) is 35.3. The molecule has 0 bridgehead atoms. The molecule has 0 aliphatic heterocycles. The average Bonchev–Trinajstić information content (AvgIpc) is 1.78. The molecule has 4 N–H and O–H groups in total. The van der Waals surface area contributed by atoms with Crippen LogP contribution in [-0.4, -0.2) is 196 Å². The van der Waals surface area contributed by atoms with Crippen LogP contribution in [0.4, 0.5) is 27.6 Å². The summed E-state index contributed by atoms with van der Waals surface area (Å²) in [4.78, 5) is 76.7. The van der Waals surface area contributed by atoms with E-state index in [4.69, 9.17) is 68.1 Å². The smallest absolute Gasteiger partial charge is 0.407 e. The molecule has 0 aliphatic rings. The number of hydrogen-bond acceptors (Lipinski definition) is 21. The van der Waals surface area contributed by atoms with Gasteiger partial charge in [0, 0.05) is 115 Å². The number of halogens is 7. The molecule has 115 heavy (non-hydrogen) atoms. The number of alkyl carbamates (subject to hydrolysis) is 3. The summed E-state index contributed by atoms with van der Waals surface area (Å²) in [6, 6.07) is 13.8. The van der Waals surface area contributed by atoms with Crippen molar-refractivity contribution in [3.63, 3.8) is 0 Å². The molecule has 6 rings (SSSR count). The van der Waals surface area contributed by atoms with Crippen molar-refractivity contribution < 1.29 is 95.7 Å². The first-order valence-corrected chi connectivity index (χ1v) is 41.9. The van der Waals surface area contributed by atoms with Crippen LogP contribution in [-0.2, 0) is 107 Å². The lowest BCUT2D eigenvalue weighted by atomic mass is 10.1. The fourth-order valence-electron chi connectivity index (χ4n) is 9.59. The number of H-pyrrole nitrogens is 1. The molecule has 0 fully saturated rings. The monoisotopic (exact) mass is 1800 g/mol. The molecule has 40 heteroatoms. The van der Waals surface area contributed by atoms with Crippen molar-refractivity contribution >= 4 is 117 Å². The van der Waals surface area contributed by atoms with Crippen molar-refractivity contribution in [2.75, 3.05) is 75.1 Å². The molecule has 3 heterocycles. The number of ether oxygens (including phenoxy) is 5. The third-order valence-electron chi connectivity index (χ3n) is 15.0. The molecule has 3 aromatic carbocycles. The van der Waals surface area contributed by atoms with Crippen molar-refractivity contribution in [2.24, 2.45) is 0 Å². The second kappa shape index (κ2) is 46.5. The lowest BCUT2D eigenvalue weighted by Gasteiger charge is -2.19. The first kappa shape index (κ1) is 103. The number of nitrogens with one attached hydrogen (secondary N) is 4. The number of aromatic amines is 1. The molecule has 0 spiro atoms. The summed E-state index contributed by atoms with van der Waals surface area (Å²) >= 11 is 21.7. The number of benzene rings is 3. The van der Waals surface area contributed by atoms with Gasteiger partial charge < -0.3 is 39.6 Å². The van der Waals surface area contributed by atoms with Gasteiger partial charge in [0.1, 0.15) is 49.0 Å². The number of hydrogen-bond donors (Lipinski definition) is 4. The number of alkyl halides is 1. The van der Waals surface area contributed by atoms with Gasteiger partial charge in [-0.05, 0) is 175 Å². The fraction of sp³-hybridized carbons (Fsp3) is 0.480. The van der Waals surface area contributed by atoms with Crippen molar-refractivity contribution in [1.82, 2.24) is 58.6 Å². The van der Waals surface area contributed by atoms with Crippen LogP contribution < -0.4 is 16.0 Å². The van der Waals surface area contributed by atoms with Gasteiger partial charge in [-0.25, -0.2) is 75.3 Å². The zero-order chi connectivity index (χ0) is 88.1. The number of nitrogens with zero attached hydrogens (tertiary/aromatic N) is 8. The summed E-state index contributed by atoms with van der Waals surface area (Å²) < 4.78 is 149. The third kappa shape index (κ3) is 33.9. The van der Waals surface area contributed by atoms with Crippen LogP contribution in [0.3, 0.4) is 0 Å². The highest BCUT2D eigenvalue weighted by molar-refractivity contribution is 9.08. The standard InChI is InChI=1S/2C25H34ClFN4O6S.C15H24FN3O2.C9H11BrClNO2S.CO2/c1-8-36-23(32)22-19(14-18(27)11-12-28-24(33)37-25(3,4)5)16(2)31(29-22)15-17-9-10-21(20(26)13-17)38(34,35)30(6)7;1-8-36-23(32)22-19(14-18(27)11-12-28-24(33)37-25(3,4)5)16(2)29-31(22)15-17-9-10-21(20(26)13-17)38(34,35)30(6)7;1-6-13-12(10(2)18-19-13)9-11(16)7-8-17-14(20)21-15(3,4)5;1-12(2)15(13,14)9-4-3-7(6-10)5-8(9)11;2-1-3/h2*9-11,13H,8,12,14-15H2,1-7H3,(H,28,33);7H,6,8-9H2,1-5H3,(H,17,20)(H,18,19);3-5H,6H2,1-2H3;/b2*18-11-;11-7-;;. The van der Waals surface area contributed by atoms with E-state index in [0.717, 1.165) is 41.9 Å². The Balaban J connectivity index is 0.000000543. The Kier molecular flexibility index (Phi) is 41.4. The van der Waals surface area contributed by atoms with Gasteiger partial charge in [-0.15, -0.1) is 0 Å². The predicted octanol–water partition coefficient (Wildman–Crippen LogP) is 13.6. The Morgan fingerprint density at radius 3 is 1.22 bits per heavy atom. The molecule has 3 amide bonds. The van der Waals surface area contributed by atoms with Gasteiger partial charge in [-0.2, -0.15) is 24.9 Å². The maximum absolute atomic E-state index is 14.8. The van der Waals surface area contributed by atoms with E-state index in [1.54, 1.807) is 114 Å². The maximum atomic E-state index is 14.8. The van der Waals surface area contributed by atoms with E-state index >= 15 is 0 Å². The number of amides is 3. The van der Waals surface area contributed by atoms with Gasteiger partial charge in [0.05, 0.1) is 52.8 Å². The number of aromatic nitrogens is 6. The first-order chi connectivity index (χ1) is 53.2. The summed E-state index contributed by atoms with van der Waals surface area (Å²) in [6.45, 7) is 26.4. The highest BCUT2D eigenvalue weighted by atomic mass is 79.9. The minimum absolute atomic E-state index is 0.0180. The van der Waals surface area contributed by atoms with Crippen molar-refractivity contribution in [1.29, 1.82) is 0 Å². The van der Waals surface area contributed by atoms with Gasteiger partial charge in [-0.1, -0.05) is 75.9 Å². The summed E-state index contributed by atoms with van der Waals surface area (Å²) in [5, 5.41) is 24.1. The van der Waals surface area contributed by atoms with E-state index in [9.17, 15) is 62.4 Å². The Morgan fingerprint density at radius 1 is 0.539 bits per heavy atom. The molecule has 0 saturated carbocycles. The number of aryl methyl sites for hydroxylation is 3. The van der Waals surface area contributed by atoms with Crippen LogP contribution in [0.15, 0.2) is 105 Å². The molecule has 0 saturated heterocycles. The summed E-state index contributed by atoms with van der Waals surface area (Å²) in [7, 11) is -2.34. The molecular weight excluding hydrogens is 1700 g/mol. The third-order valence-corrected chi connectivity index (χ3v) is 22.6. The van der Waals surface area contributed by atoms with Gasteiger partial charge in [-0.3, -0.25) is 14.5 Å². The predicted molar refractivity (Wildman–Crippen MR) is 433 cm³/mol. The second-order valence-corrected chi connectivity index (χ2v) is 36.4. The van der Waals surface area contributed by atoms with Gasteiger partial charge >= 0.3 is 36.4 Å². The lowest BCUT2D eigenvalue weighted by Crippen LogP contribution is -2.32. The zero-order valence-electron chi connectivity index (χ0n) is 68.2. The largest absolute Gasteiger partial charge is 0.461 e. The molecule has 0 unspecified atom stereocenters.